The van der Waals surface area contributed by atoms with E-state index in [1.54, 1.807) is 41.3 Å². The lowest BCUT2D eigenvalue weighted by Crippen LogP contribution is -2.42. The van der Waals surface area contributed by atoms with E-state index in [1.165, 1.54) is 43.5 Å². The number of methoxy groups -OCH3 is 1. The third-order valence-electron chi connectivity index (χ3n) is 6.11. The second-order valence-corrected chi connectivity index (χ2v) is 10.6. The molecule has 1 heterocycles. The number of sulfone groups is 1. The summed E-state index contributed by atoms with van der Waals surface area (Å²) < 4.78 is 72.6. The van der Waals surface area contributed by atoms with Gasteiger partial charge in [0.25, 0.3) is 5.91 Å². The molecule has 3 aromatic carbocycles. The van der Waals surface area contributed by atoms with Gasteiger partial charge in [-0.2, -0.15) is 0 Å². The normalized spacial score (nSPS) is 14.9. The van der Waals surface area contributed by atoms with Crippen LogP contribution in [0.4, 0.5) is 13.2 Å². The van der Waals surface area contributed by atoms with Crippen LogP contribution in [0.3, 0.4) is 0 Å². The number of alkyl halides is 3. The Morgan fingerprint density at radius 2 is 1.44 bits per heavy atom. The SMILES string of the molecule is COc1ccccc1C(=O)N1CCC(S(=O)(=O)c2ccc(-c3ccc(OC(F)(F)F)cc3)cc2)CC1. The second-order valence-electron chi connectivity index (χ2n) is 8.33. The average molecular weight is 520 g/mol. The molecule has 4 rings (SSSR count). The largest absolute Gasteiger partial charge is 0.573 e. The molecule has 0 aromatic heterocycles. The number of para-hydroxylation sites is 1. The molecule has 0 saturated carbocycles. The van der Waals surface area contributed by atoms with Crippen molar-refractivity contribution in [2.45, 2.75) is 29.3 Å². The van der Waals surface area contributed by atoms with Gasteiger partial charge in [0, 0.05) is 13.1 Å². The number of amides is 1. The van der Waals surface area contributed by atoms with Gasteiger partial charge in [0.05, 0.1) is 22.8 Å². The minimum atomic E-state index is -4.77. The highest BCUT2D eigenvalue weighted by Crippen LogP contribution is 2.30. The van der Waals surface area contributed by atoms with Crippen LogP contribution in [0.1, 0.15) is 23.2 Å². The first kappa shape index (κ1) is 25.6. The Balaban J connectivity index is 1.41. The molecule has 1 fully saturated rings. The molecular formula is C26H24F3NO5S. The predicted octanol–water partition coefficient (Wildman–Crippen LogP) is 5.34. The van der Waals surface area contributed by atoms with Gasteiger partial charge in [-0.15, -0.1) is 13.2 Å². The van der Waals surface area contributed by atoms with E-state index in [-0.39, 0.29) is 16.6 Å². The first-order valence-electron chi connectivity index (χ1n) is 11.2. The topological polar surface area (TPSA) is 72.9 Å². The van der Waals surface area contributed by atoms with Crippen molar-refractivity contribution < 1.29 is 35.9 Å². The second kappa shape index (κ2) is 10.2. The molecule has 1 aliphatic heterocycles. The van der Waals surface area contributed by atoms with Crippen molar-refractivity contribution in [1.29, 1.82) is 0 Å². The Bertz CT molecular complexity index is 1310. The van der Waals surface area contributed by atoms with E-state index in [2.05, 4.69) is 4.74 Å². The number of rotatable bonds is 6. The van der Waals surface area contributed by atoms with Crippen molar-refractivity contribution in [2.75, 3.05) is 20.2 Å². The number of carbonyl (C=O) groups excluding carboxylic acids is 1. The minimum Gasteiger partial charge on any atom is -0.496 e. The summed E-state index contributed by atoms with van der Waals surface area (Å²) in [5, 5.41) is -0.621. The molecule has 0 unspecified atom stereocenters. The van der Waals surface area contributed by atoms with Gasteiger partial charge >= 0.3 is 6.36 Å². The van der Waals surface area contributed by atoms with Crippen LogP contribution >= 0.6 is 0 Å². The summed E-state index contributed by atoms with van der Waals surface area (Å²) in [7, 11) is -2.13. The van der Waals surface area contributed by atoms with E-state index in [9.17, 15) is 26.4 Å². The van der Waals surface area contributed by atoms with E-state index >= 15 is 0 Å². The molecule has 0 bridgehead atoms. The molecule has 190 valence electrons. The third kappa shape index (κ3) is 5.64. The quantitative estimate of drug-likeness (QED) is 0.440. The minimum absolute atomic E-state index is 0.165. The third-order valence-corrected chi connectivity index (χ3v) is 8.39. The molecule has 0 N–H and O–H groups in total. The summed E-state index contributed by atoms with van der Waals surface area (Å²) in [6.45, 7) is 0.621. The molecule has 3 aromatic rings. The van der Waals surface area contributed by atoms with Gasteiger partial charge in [-0.25, -0.2) is 8.42 Å². The van der Waals surface area contributed by atoms with Gasteiger partial charge in [-0.1, -0.05) is 36.4 Å². The summed E-state index contributed by atoms with van der Waals surface area (Å²) in [5.74, 6) is -0.0554. The van der Waals surface area contributed by atoms with Gasteiger partial charge in [0.15, 0.2) is 9.84 Å². The number of hydrogen-bond acceptors (Lipinski definition) is 5. The maximum atomic E-state index is 13.2. The number of nitrogens with zero attached hydrogens (tertiary/aromatic N) is 1. The molecule has 1 saturated heterocycles. The average Bonchev–Trinajstić information content (AvgIpc) is 2.88. The van der Waals surface area contributed by atoms with Gasteiger partial charge in [0.1, 0.15) is 11.5 Å². The zero-order chi connectivity index (χ0) is 25.9. The number of halogens is 3. The highest BCUT2D eigenvalue weighted by atomic mass is 32.2. The van der Waals surface area contributed by atoms with Crippen molar-refractivity contribution in [2.24, 2.45) is 0 Å². The molecule has 1 amide bonds. The van der Waals surface area contributed by atoms with E-state index in [4.69, 9.17) is 4.74 Å². The predicted molar refractivity (Wildman–Crippen MR) is 128 cm³/mol. The van der Waals surface area contributed by atoms with E-state index < -0.39 is 21.4 Å². The summed E-state index contributed by atoms with van der Waals surface area (Å²) >= 11 is 0. The summed E-state index contributed by atoms with van der Waals surface area (Å²) in [6.07, 6.45) is -4.15. The molecule has 10 heteroatoms. The van der Waals surface area contributed by atoms with Crippen LogP contribution in [-0.4, -0.2) is 51.0 Å². The van der Waals surface area contributed by atoms with Crippen molar-refractivity contribution in [3.8, 4) is 22.6 Å². The fraction of sp³-hybridized carbons (Fsp3) is 0.269. The first-order valence-corrected chi connectivity index (χ1v) is 12.8. The fourth-order valence-corrected chi connectivity index (χ4v) is 5.97. The highest BCUT2D eigenvalue weighted by molar-refractivity contribution is 7.92. The lowest BCUT2D eigenvalue weighted by Gasteiger charge is -2.32. The molecule has 0 aliphatic carbocycles. The van der Waals surface area contributed by atoms with Gasteiger partial charge in [0.2, 0.25) is 0 Å². The molecule has 1 aliphatic rings. The Morgan fingerprint density at radius 1 is 0.889 bits per heavy atom. The Hall–Kier alpha value is -3.53. The summed E-state index contributed by atoms with van der Waals surface area (Å²) in [5.41, 5.74) is 1.72. The smallest absolute Gasteiger partial charge is 0.496 e. The molecule has 0 spiro atoms. The number of benzene rings is 3. The lowest BCUT2D eigenvalue weighted by atomic mass is 10.1. The van der Waals surface area contributed by atoms with Crippen LogP contribution in [0.25, 0.3) is 11.1 Å². The van der Waals surface area contributed by atoms with Crippen LogP contribution in [0, 0.1) is 0 Å². The number of ether oxygens (including phenoxy) is 2. The van der Waals surface area contributed by atoms with Crippen LogP contribution in [-0.2, 0) is 9.84 Å². The Kier molecular flexibility index (Phi) is 7.26. The molecule has 0 atom stereocenters. The standard InChI is InChI=1S/C26H24F3NO5S/c1-34-24-5-3-2-4-23(24)25(31)30-16-14-22(15-17-30)36(32,33)21-12-8-19(9-13-21)18-6-10-20(11-7-18)35-26(27,28)29/h2-13,22H,14-17H2,1H3. The summed E-state index contributed by atoms with van der Waals surface area (Å²) in [6, 6.07) is 18.5. The number of hydrogen-bond donors (Lipinski definition) is 0. The zero-order valence-electron chi connectivity index (χ0n) is 19.4. The monoisotopic (exact) mass is 519 g/mol. The zero-order valence-corrected chi connectivity index (χ0v) is 20.2. The van der Waals surface area contributed by atoms with Crippen molar-refractivity contribution in [1.82, 2.24) is 4.90 Å². The van der Waals surface area contributed by atoms with Crippen LogP contribution in [0.2, 0.25) is 0 Å². The van der Waals surface area contributed by atoms with Gasteiger partial charge in [-0.3, -0.25) is 4.79 Å². The van der Waals surface area contributed by atoms with Crippen molar-refractivity contribution in [3.05, 3.63) is 78.4 Å². The van der Waals surface area contributed by atoms with E-state index in [0.29, 0.717) is 48.4 Å². The summed E-state index contributed by atoms with van der Waals surface area (Å²) in [4.78, 5) is 14.7. The van der Waals surface area contributed by atoms with Crippen LogP contribution in [0.5, 0.6) is 11.5 Å². The maximum Gasteiger partial charge on any atom is 0.573 e. The fourth-order valence-electron chi connectivity index (χ4n) is 4.24. The van der Waals surface area contributed by atoms with Gasteiger partial charge < -0.3 is 14.4 Å². The van der Waals surface area contributed by atoms with Crippen LogP contribution in [0.15, 0.2) is 77.7 Å². The Morgan fingerprint density at radius 3 is 2.00 bits per heavy atom. The molecule has 36 heavy (non-hydrogen) atoms. The number of likely N-dealkylation sites (tertiary alicyclic amines) is 1. The lowest BCUT2D eigenvalue weighted by molar-refractivity contribution is -0.274. The highest BCUT2D eigenvalue weighted by Gasteiger charge is 2.34. The molecule has 0 radical (unpaired) electrons. The van der Waals surface area contributed by atoms with Gasteiger partial charge in [-0.05, 0) is 60.4 Å². The van der Waals surface area contributed by atoms with E-state index in [0.717, 1.165) is 0 Å². The van der Waals surface area contributed by atoms with E-state index in [1.807, 2.05) is 0 Å². The molecule has 6 nitrogen and oxygen atoms in total. The van der Waals surface area contributed by atoms with Crippen molar-refractivity contribution >= 4 is 15.7 Å². The van der Waals surface area contributed by atoms with Crippen molar-refractivity contribution in [3.63, 3.8) is 0 Å². The Labute approximate surface area is 207 Å². The van der Waals surface area contributed by atoms with Crippen LogP contribution < -0.4 is 9.47 Å². The number of carbonyl (C=O) groups is 1. The maximum absolute atomic E-state index is 13.2. The molecular weight excluding hydrogens is 495 g/mol. The number of piperidine rings is 1. The first-order chi connectivity index (χ1) is 17.1.